The van der Waals surface area contributed by atoms with E-state index in [1.807, 2.05) is 12.1 Å². The molecule has 0 fully saturated rings. The molecule has 2 aromatic heterocycles. The number of hydrogen-bond donors (Lipinski definition) is 0. The molecule has 0 bridgehead atoms. The molecule has 4 nitrogen and oxygen atoms in total. The minimum Gasteiger partial charge on any atom is -0.278 e. The summed E-state index contributed by atoms with van der Waals surface area (Å²) in [5.74, 6) is 0.527. The van der Waals surface area contributed by atoms with Crippen molar-refractivity contribution in [2.24, 2.45) is 5.92 Å². The third kappa shape index (κ3) is 3.79. The Labute approximate surface area is 150 Å². The molecule has 0 saturated carbocycles. The van der Waals surface area contributed by atoms with Gasteiger partial charge in [-0.05, 0) is 35.7 Å². The topological polar surface area (TPSA) is 47.8 Å². The number of hydrogen-bond acceptors (Lipinski definition) is 4. The van der Waals surface area contributed by atoms with Crippen molar-refractivity contribution in [1.29, 1.82) is 0 Å². The first-order chi connectivity index (χ1) is 12.1. The third-order valence-electron chi connectivity index (χ3n) is 3.93. The second-order valence-corrected chi connectivity index (χ2v) is 7.11. The Hall–Kier alpha value is -2.47. The predicted molar refractivity (Wildman–Crippen MR) is 95.8 cm³/mol. The van der Waals surface area contributed by atoms with Gasteiger partial charge in [0.05, 0.1) is 0 Å². The molecule has 0 radical (unpaired) electrons. The molecule has 0 spiro atoms. The van der Waals surface area contributed by atoms with E-state index in [1.165, 1.54) is 28.5 Å². The van der Waals surface area contributed by atoms with E-state index >= 15 is 0 Å². The fourth-order valence-corrected chi connectivity index (χ4v) is 3.83. The van der Waals surface area contributed by atoms with Crippen molar-refractivity contribution in [1.82, 2.24) is 14.5 Å². The van der Waals surface area contributed by atoms with Crippen LogP contribution in [0.3, 0.4) is 0 Å². The number of carbonyl (C=O) groups is 1. The highest BCUT2D eigenvalue weighted by Gasteiger charge is 2.25. The number of nitrogens with zero attached hydrogens (tertiary/aromatic N) is 3. The van der Waals surface area contributed by atoms with Crippen molar-refractivity contribution in [3.05, 3.63) is 72.3 Å². The summed E-state index contributed by atoms with van der Waals surface area (Å²) in [5.41, 5.74) is 0.973. The highest BCUT2D eigenvalue weighted by Crippen LogP contribution is 2.39. The van der Waals surface area contributed by atoms with Crippen LogP contribution in [-0.4, -0.2) is 20.9 Å². The number of benzene rings is 1. The first-order valence-electron chi connectivity index (χ1n) is 7.95. The minimum absolute atomic E-state index is 0.0926. The summed E-state index contributed by atoms with van der Waals surface area (Å²) in [4.78, 5) is 21.7. The lowest BCUT2D eigenvalue weighted by Crippen LogP contribution is -2.16. The molecule has 0 saturated heterocycles. The summed E-state index contributed by atoms with van der Waals surface area (Å²) in [6.07, 6.45) is 7.54. The van der Waals surface area contributed by atoms with Crippen LogP contribution in [0.15, 0.2) is 64.9 Å². The third-order valence-corrected chi connectivity index (χ3v) is 5.01. The van der Waals surface area contributed by atoms with Gasteiger partial charge < -0.3 is 0 Å². The Morgan fingerprint density at radius 2 is 2.08 bits per heavy atom. The molecule has 2 heterocycles. The fraction of sp³-hybridized carbons (Fsp3) is 0.211. The largest absolute Gasteiger partial charge is 0.278 e. The summed E-state index contributed by atoms with van der Waals surface area (Å²) in [7, 11) is 0. The summed E-state index contributed by atoms with van der Waals surface area (Å²) >= 11 is 1.48. The van der Waals surface area contributed by atoms with Gasteiger partial charge >= 0.3 is 0 Å². The van der Waals surface area contributed by atoms with Crippen LogP contribution in [0.2, 0.25) is 0 Å². The molecule has 0 N–H and O–H groups in total. The maximum atomic E-state index is 13.5. The van der Waals surface area contributed by atoms with Crippen LogP contribution < -0.4 is 0 Å². The molecule has 3 aromatic rings. The van der Waals surface area contributed by atoms with Crippen LogP contribution in [0.4, 0.5) is 4.39 Å². The Balaban J connectivity index is 2.04. The second kappa shape index (κ2) is 7.61. The molecule has 0 amide bonds. The summed E-state index contributed by atoms with van der Waals surface area (Å²) in [6, 6.07) is 8.40. The number of halogens is 1. The minimum atomic E-state index is -0.266. The predicted octanol–water partition coefficient (Wildman–Crippen LogP) is 4.39. The van der Waals surface area contributed by atoms with Gasteiger partial charge in [0.25, 0.3) is 0 Å². The molecule has 25 heavy (non-hydrogen) atoms. The molecule has 6 heteroatoms. The van der Waals surface area contributed by atoms with Crippen molar-refractivity contribution in [3.63, 3.8) is 0 Å². The average Bonchev–Trinajstić information content (AvgIpc) is 3.04. The molecule has 1 unspecified atom stereocenters. The zero-order chi connectivity index (χ0) is 17.8. The quantitative estimate of drug-likeness (QED) is 0.615. The van der Waals surface area contributed by atoms with Crippen LogP contribution in [0.5, 0.6) is 0 Å². The van der Waals surface area contributed by atoms with Crippen LogP contribution in [0.25, 0.3) is 0 Å². The summed E-state index contributed by atoms with van der Waals surface area (Å²) < 4.78 is 15.0. The number of carbonyl (C=O) groups excluding carboxylic acids is 1. The van der Waals surface area contributed by atoms with Crippen molar-refractivity contribution in [2.45, 2.75) is 29.6 Å². The molecule has 128 valence electrons. The summed E-state index contributed by atoms with van der Waals surface area (Å²) in [5, 5.41) is 0. The average molecular weight is 355 g/mol. The van der Waals surface area contributed by atoms with E-state index in [0.717, 1.165) is 21.8 Å². The van der Waals surface area contributed by atoms with Gasteiger partial charge in [-0.15, -0.1) is 0 Å². The molecule has 0 aliphatic rings. The van der Waals surface area contributed by atoms with Gasteiger partial charge in [-0.25, -0.2) is 9.37 Å². The Morgan fingerprint density at radius 3 is 2.80 bits per heavy atom. The van der Waals surface area contributed by atoms with E-state index in [0.29, 0.717) is 5.82 Å². The van der Waals surface area contributed by atoms with E-state index in [-0.39, 0.29) is 17.7 Å². The lowest BCUT2D eigenvalue weighted by atomic mass is 9.88. The normalized spacial score (nSPS) is 12.3. The lowest BCUT2D eigenvalue weighted by Gasteiger charge is -2.22. The van der Waals surface area contributed by atoms with E-state index in [2.05, 4.69) is 23.8 Å². The Kier molecular flexibility index (Phi) is 5.28. The smallest absolute Gasteiger partial charge is 0.219 e. The van der Waals surface area contributed by atoms with Gasteiger partial charge in [0.2, 0.25) is 6.41 Å². The van der Waals surface area contributed by atoms with Gasteiger partial charge in [-0.3, -0.25) is 14.3 Å². The number of rotatable bonds is 6. The fourth-order valence-electron chi connectivity index (χ4n) is 2.83. The monoisotopic (exact) mass is 355 g/mol. The highest BCUT2D eigenvalue weighted by molar-refractivity contribution is 7.99. The van der Waals surface area contributed by atoms with Crippen molar-refractivity contribution in [2.75, 3.05) is 0 Å². The highest BCUT2D eigenvalue weighted by atomic mass is 32.2. The van der Waals surface area contributed by atoms with Crippen molar-refractivity contribution < 1.29 is 9.18 Å². The molecular weight excluding hydrogens is 337 g/mol. The molecule has 1 atom stereocenters. The molecular formula is C19H18FN3OS. The van der Waals surface area contributed by atoms with E-state index in [1.54, 1.807) is 30.9 Å². The molecule has 3 rings (SSSR count). The van der Waals surface area contributed by atoms with E-state index < -0.39 is 0 Å². The zero-order valence-electron chi connectivity index (χ0n) is 14.0. The van der Waals surface area contributed by atoms with Gasteiger partial charge in [0, 0.05) is 40.5 Å². The summed E-state index contributed by atoms with van der Waals surface area (Å²) in [6.45, 7) is 4.16. The van der Waals surface area contributed by atoms with Crippen molar-refractivity contribution in [3.8, 4) is 0 Å². The number of imidazole rings is 1. The first-order valence-corrected chi connectivity index (χ1v) is 8.77. The maximum Gasteiger partial charge on any atom is 0.219 e. The number of aromatic nitrogens is 3. The molecule has 0 aliphatic heterocycles. The lowest BCUT2D eigenvalue weighted by molar-refractivity contribution is 0.512. The standard InChI is InChI=1S/C19H18FN3OS/c1-13(2)18(19-22-8-9-23(19)12-24)16-11-21-7-6-17(16)25-15-5-3-4-14(20)10-15/h3-13,18H,1-2H3. The van der Waals surface area contributed by atoms with Gasteiger partial charge in [0.1, 0.15) is 11.6 Å². The first kappa shape index (κ1) is 17.4. The Bertz CT molecular complexity index is 878. The van der Waals surface area contributed by atoms with Crippen LogP contribution in [0, 0.1) is 11.7 Å². The van der Waals surface area contributed by atoms with Gasteiger partial charge in [-0.2, -0.15) is 0 Å². The van der Waals surface area contributed by atoms with E-state index in [9.17, 15) is 9.18 Å². The van der Waals surface area contributed by atoms with Gasteiger partial charge in [-0.1, -0.05) is 31.7 Å². The number of pyridine rings is 1. The zero-order valence-corrected chi connectivity index (χ0v) is 14.8. The van der Waals surface area contributed by atoms with Crippen LogP contribution in [0.1, 0.15) is 31.2 Å². The Morgan fingerprint density at radius 1 is 1.24 bits per heavy atom. The second-order valence-electron chi connectivity index (χ2n) is 5.99. The SMILES string of the molecule is CC(C)C(c1cnccc1Sc1cccc(F)c1)c1nccn1C=O. The van der Waals surface area contributed by atoms with Gasteiger partial charge in [0.15, 0.2) is 0 Å². The van der Waals surface area contributed by atoms with Crippen molar-refractivity contribution >= 4 is 18.2 Å². The molecule has 1 aromatic carbocycles. The van der Waals surface area contributed by atoms with Crippen LogP contribution >= 0.6 is 11.8 Å². The van der Waals surface area contributed by atoms with E-state index in [4.69, 9.17) is 0 Å². The maximum absolute atomic E-state index is 13.5. The van der Waals surface area contributed by atoms with Crippen LogP contribution in [-0.2, 0) is 4.79 Å². The molecule has 0 aliphatic carbocycles.